The van der Waals surface area contributed by atoms with Crippen molar-refractivity contribution >= 4 is 11.6 Å². The fourth-order valence-electron chi connectivity index (χ4n) is 2.41. The maximum Gasteiger partial charge on any atom is 0.123 e. The monoisotopic (exact) mass is 272 g/mol. The van der Waals surface area contributed by atoms with Gasteiger partial charge in [0.05, 0.1) is 6.10 Å². The lowest BCUT2D eigenvalue weighted by atomic mass is 9.82. The molecule has 1 nitrogen and oxygen atoms in total. The molecule has 3 heteroatoms. The molecule has 0 aliphatic heterocycles. The number of hydrogen-bond acceptors (Lipinski definition) is 1. The van der Waals surface area contributed by atoms with Crippen molar-refractivity contribution in [1.29, 1.82) is 0 Å². The van der Waals surface area contributed by atoms with Crippen molar-refractivity contribution in [3.8, 4) is 0 Å². The van der Waals surface area contributed by atoms with Gasteiger partial charge in [0.15, 0.2) is 0 Å². The van der Waals surface area contributed by atoms with Crippen LogP contribution in [0.2, 0.25) is 5.02 Å². The number of aliphatic hydroxyl groups is 1. The predicted octanol–water partition coefficient (Wildman–Crippen LogP) is 4.97. The topological polar surface area (TPSA) is 20.2 Å². The number of benzene rings is 1. The average molecular weight is 273 g/mol. The molecule has 0 radical (unpaired) electrons. The number of aliphatic hydroxyl groups excluding tert-OH is 1. The first-order valence-electron chi connectivity index (χ1n) is 6.32. The Morgan fingerprint density at radius 2 is 1.94 bits per heavy atom. The van der Waals surface area contributed by atoms with E-state index in [1.807, 2.05) is 0 Å². The van der Waals surface area contributed by atoms with Gasteiger partial charge in [0.2, 0.25) is 0 Å². The lowest BCUT2D eigenvalue weighted by molar-refractivity contribution is 0.134. The fraction of sp³-hybridized carbons (Fsp3) is 0.600. The predicted molar refractivity (Wildman–Crippen MR) is 74.2 cm³/mol. The van der Waals surface area contributed by atoms with Gasteiger partial charge in [-0.15, -0.1) is 0 Å². The Labute approximate surface area is 114 Å². The molecule has 1 aromatic rings. The van der Waals surface area contributed by atoms with Crippen LogP contribution in [0.5, 0.6) is 0 Å². The molecule has 0 saturated carbocycles. The largest absolute Gasteiger partial charge is 0.388 e. The van der Waals surface area contributed by atoms with Crippen LogP contribution in [0.1, 0.15) is 52.2 Å². The third kappa shape index (κ3) is 4.95. The molecule has 0 saturated heterocycles. The van der Waals surface area contributed by atoms with Crippen LogP contribution in [0.25, 0.3) is 0 Å². The van der Waals surface area contributed by atoms with E-state index in [-0.39, 0.29) is 11.2 Å². The molecule has 18 heavy (non-hydrogen) atoms. The second kappa shape index (κ2) is 6.03. The molecule has 0 spiro atoms. The third-order valence-corrected chi connectivity index (χ3v) is 3.25. The molecule has 0 fully saturated rings. The first kappa shape index (κ1) is 15.5. The van der Waals surface area contributed by atoms with Gasteiger partial charge in [0, 0.05) is 10.6 Å². The Kier molecular flexibility index (Phi) is 5.18. The van der Waals surface area contributed by atoms with E-state index in [1.54, 1.807) is 0 Å². The molecule has 102 valence electrons. The highest BCUT2D eigenvalue weighted by Crippen LogP contribution is 2.33. The van der Waals surface area contributed by atoms with Crippen molar-refractivity contribution < 1.29 is 9.50 Å². The van der Waals surface area contributed by atoms with Crippen molar-refractivity contribution in [3.05, 3.63) is 34.6 Å². The standard InChI is InChI=1S/C15H22ClFO/c1-10(9-15(2,3)4)7-14(18)12-8-11(17)5-6-13(12)16/h5-6,8,10,14,18H,7,9H2,1-4H3. The summed E-state index contributed by atoms with van der Waals surface area (Å²) in [5.74, 6) is -0.00346. The van der Waals surface area contributed by atoms with E-state index < -0.39 is 6.10 Å². The summed E-state index contributed by atoms with van der Waals surface area (Å²) in [7, 11) is 0. The maximum absolute atomic E-state index is 13.1. The number of halogens is 2. The van der Waals surface area contributed by atoms with Gasteiger partial charge >= 0.3 is 0 Å². The van der Waals surface area contributed by atoms with Crippen LogP contribution in [0.3, 0.4) is 0 Å². The van der Waals surface area contributed by atoms with Gasteiger partial charge < -0.3 is 5.11 Å². The van der Waals surface area contributed by atoms with E-state index >= 15 is 0 Å². The molecular formula is C15H22ClFO. The first-order chi connectivity index (χ1) is 8.19. The smallest absolute Gasteiger partial charge is 0.123 e. The quantitative estimate of drug-likeness (QED) is 0.820. The van der Waals surface area contributed by atoms with Crippen LogP contribution in [0.15, 0.2) is 18.2 Å². The Bertz CT molecular complexity index is 398. The van der Waals surface area contributed by atoms with Crippen LogP contribution in [0, 0.1) is 17.2 Å². The SMILES string of the molecule is CC(CC(O)c1cc(F)ccc1Cl)CC(C)(C)C. The zero-order valence-corrected chi connectivity index (χ0v) is 12.3. The van der Waals surface area contributed by atoms with Crippen LogP contribution in [0.4, 0.5) is 4.39 Å². The van der Waals surface area contributed by atoms with E-state index in [0.29, 0.717) is 22.9 Å². The lowest BCUT2D eigenvalue weighted by Gasteiger charge is -2.25. The summed E-state index contributed by atoms with van der Waals surface area (Å²) in [5.41, 5.74) is 0.711. The summed E-state index contributed by atoms with van der Waals surface area (Å²) < 4.78 is 13.1. The van der Waals surface area contributed by atoms with Crippen molar-refractivity contribution in [2.45, 2.75) is 46.6 Å². The summed E-state index contributed by atoms with van der Waals surface area (Å²) >= 11 is 5.98. The maximum atomic E-state index is 13.1. The Morgan fingerprint density at radius 1 is 1.33 bits per heavy atom. The summed E-state index contributed by atoms with van der Waals surface area (Å²) in [6.07, 6.45) is 0.905. The van der Waals surface area contributed by atoms with E-state index in [0.717, 1.165) is 6.42 Å². The Balaban J connectivity index is 2.70. The summed E-state index contributed by atoms with van der Waals surface area (Å²) in [5, 5.41) is 10.6. The van der Waals surface area contributed by atoms with Gasteiger partial charge in [0.25, 0.3) is 0 Å². The molecular weight excluding hydrogens is 251 g/mol. The molecule has 0 bridgehead atoms. The fourth-order valence-corrected chi connectivity index (χ4v) is 2.65. The van der Waals surface area contributed by atoms with Gasteiger partial charge in [-0.2, -0.15) is 0 Å². The zero-order valence-electron chi connectivity index (χ0n) is 11.5. The molecule has 0 amide bonds. The van der Waals surface area contributed by atoms with Crippen LogP contribution >= 0.6 is 11.6 Å². The summed E-state index contributed by atoms with van der Waals surface area (Å²) in [6.45, 7) is 8.61. The second-order valence-corrected chi connectivity index (χ2v) is 6.69. The van der Waals surface area contributed by atoms with Gasteiger partial charge in [-0.1, -0.05) is 39.3 Å². The van der Waals surface area contributed by atoms with E-state index in [2.05, 4.69) is 27.7 Å². The molecule has 1 rings (SSSR count). The highest BCUT2D eigenvalue weighted by Gasteiger charge is 2.20. The van der Waals surface area contributed by atoms with E-state index in [1.165, 1.54) is 18.2 Å². The van der Waals surface area contributed by atoms with Gasteiger partial charge in [-0.05, 0) is 42.4 Å². The summed E-state index contributed by atoms with van der Waals surface area (Å²) in [6, 6.07) is 4.11. The minimum atomic E-state index is -0.703. The summed E-state index contributed by atoms with van der Waals surface area (Å²) in [4.78, 5) is 0. The average Bonchev–Trinajstić information content (AvgIpc) is 2.18. The van der Waals surface area contributed by atoms with Crippen LogP contribution < -0.4 is 0 Å². The Hall–Kier alpha value is -0.600. The minimum Gasteiger partial charge on any atom is -0.388 e. The molecule has 0 aliphatic carbocycles. The number of hydrogen-bond donors (Lipinski definition) is 1. The van der Waals surface area contributed by atoms with E-state index in [9.17, 15) is 9.50 Å². The van der Waals surface area contributed by atoms with Crippen molar-refractivity contribution in [2.24, 2.45) is 11.3 Å². The molecule has 1 aromatic carbocycles. The molecule has 1 N–H and O–H groups in total. The highest BCUT2D eigenvalue weighted by atomic mass is 35.5. The van der Waals surface area contributed by atoms with Gasteiger partial charge in [0.1, 0.15) is 5.82 Å². The van der Waals surface area contributed by atoms with E-state index in [4.69, 9.17) is 11.6 Å². The zero-order chi connectivity index (χ0) is 13.9. The molecule has 0 heterocycles. The van der Waals surface area contributed by atoms with Crippen molar-refractivity contribution in [1.82, 2.24) is 0 Å². The van der Waals surface area contributed by atoms with Crippen molar-refractivity contribution in [3.63, 3.8) is 0 Å². The van der Waals surface area contributed by atoms with Crippen LogP contribution in [-0.2, 0) is 0 Å². The number of rotatable bonds is 4. The van der Waals surface area contributed by atoms with Gasteiger partial charge in [-0.3, -0.25) is 0 Å². The molecule has 2 atom stereocenters. The molecule has 2 unspecified atom stereocenters. The molecule has 0 aromatic heterocycles. The first-order valence-corrected chi connectivity index (χ1v) is 6.70. The van der Waals surface area contributed by atoms with Gasteiger partial charge in [-0.25, -0.2) is 4.39 Å². The van der Waals surface area contributed by atoms with Crippen molar-refractivity contribution in [2.75, 3.05) is 0 Å². The lowest BCUT2D eigenvalue weighted by Crippen LogP contribution is -2.14. The third-order valence-electron chi connectivity index (χ3n) is 2.90. The van der Waals surface area contributed by atoms with Crippen LogP contribution in [-0.4, -0.2) is 5.11 Å². The minimum absolute atomic E-state index is 0.227. The normalized spacial score (nSPS) is 15.5. The Morgan fingerprint density at radius 3 is 2.50 bits per heavy atom. The second-order valence-electron chi connectivity index (χ2n) is 6.29. The molecule has 0 aliphatic rings. The highest BCUT2D eigenvalue weighted by molar-refractivity contribution is 6.31.